The molecule has 2 nitrogen and oxygen atoms in total. The minimum Gasteiger partial charge on any atom is -0.389 e. The van der Waals surface area contributed by atoms with E-state index in [4.69, 9.17) is 18.0 Å². The highest BCUT2D eigenvalue weighted by Crippen LogP contribution is 2.15. The van der Waals surface area contributed by atoms with Gasteiger partial charge in [0.2, 0.25) is 0 Å². The number of ether oxygens (including phenoxy) is 1. The first kappa shape index (κ1) is 12.9. The lowest BCUT2D eigenvalue weighted by Crippen LogP contribution is -2.17. The smallest absolute Gasteiger partial charge is 0.389 e. The summed E-state index contributed by atoms with van der Waals surface area (Å²) in [6.45, 7) is -1.37. The number of rotatable bonds is 4. The third-order valence-electron chi connectivity index (χ3n) is 1.75. The maximum Gasteiger partial charge on any atom is 0.411 e. The Morgan fingerprint density at radius 2 is 2.06 bits per heavy atom. The van der Waals surface area contributed by atoms with E-state index in [1.54, 1.807) is 24.3 Å². The monoisotopic (exact) mass is 249 g/mol. The Labute approximate surface area is 96.2 Å². The van der Waals surface area contributed by atoms with Crippen LogP contribution in [0.2, 0.25) is 0 Å². The average molecular weight is 249 g/mol. The normalized spacial score (nSPS) is 11.4. The summed E-state index contributed by atoms with van der Waals surface area (Å²) in [6.07, 6.45) is -4.30. The van der Waals surface area contributed by atoms with Crippen molar-refractivity contribution in [1.29, 1.82) is 0 Å². The van der Waals surface area contributed by atoms with Crippen molar-refractivity contribution in [2.24, 2.45) is 5.73 Å². The van der Waals surface area contributed by atoms with Gasteiger partial charge in [0.1, 0.15) is 11.6 Å². The molecule has 0 heterocycles. The van der Waals surface area contributed by atoms with Gasteiger partial charge in [0.05, 0.1) is 6.61 Å². The quantitative estimate of drug-likeness (QED) is 0.832. The number of hydrogen-bond donors (Lipinski definition) is 1. The van der Waals surface area contributed by atoms with E-state index >= 15 is 0 Å². The minimum atomic E-state index is -4.30. The van der Waals surface area contributed by atoms with Crippen LogP contribution < -0.4 is 5.73 Å². The number of nitrogens with two attached hydrogens (primary N) is 1. The Bertz CT molecular complexity index is 379. The molecule has 0 atom stereocenters. The van der Waals surface area contributed by atoms with Gasteiger partial charge in [-0.05, 0) is 11.6 Å². The molecule has 88 valence electrons. The fourth-order valence-corrected chi connectivity index (χ4v) is 1.23. The van der Waals surface area contributed by atoms with Crippen molar-refractivity contribution in [3.05, 3.63) is 35.4 Å². The summed E-state index contributed by atoms with van der Waals surface area (Å²) < 4.78 is 39.9. The third kappa shape index (κ3) is 4.59. The minimum absolute atomic E-state index is 0.115. The summed E-state index contributed by atoms with van der Waals surface area (Å²) in [5.74, 6) is 0. The van der Waals surface area contributed by atoms with Crippen LogP contribution in [-0.2, 0) is 11.3 Å². The predicted molar refractivity (Wildman–Crippen MR) is 58.0 cm³/mol. The molecule has 6 heteroatoms. The molecule has 1 rings (SSSR count). The van der Waals surface area contributed by atoms with Crippen molar-refractivity contribution in [3.63, 3.8) is 0 Å². The van der Waals surface area contributed by atoms with Gasteiger partial charge in [0.15, 0.2) is 0 Å². The van der Waals surface area contributed by atoms with Crippen molar-refractivity contribution in [1.82, 2.24) is 0 Å². The molecule has 0 amide bonds. The van der Waals surface area contributed by atoms with Crippen LogP contribution in [-0.4, -0.2) is 17.8 Å². The van der Waals surface area contributed by atoms with E-state index in [0.717, 1.165) is 0 Å². The molecule has 0 saturated carbocycles. The second kappa shape index (κ2) is 5.27. The molecule has 0 saturated heterocycles. The zero-order chi connectivity index (χ0) is 12.2. The zero-order valence-corrected chi connectivity index (χ0v) is 9.07. The molecule has 0 aliphatic heterocycles. The van der Waals surface area contributed by atoms with Gasteiger partial charge in [-0.2, -0.15) is 13.2 Å². The van der Waals surface area contributed by atoms with Gasteiger partial charge in [0, 0.05) is 5.56 Å². The van der Waals surface area contributed by atoms with E-state index < -0.39 is 12.8 Å². The maximum absolute atomic E-state index is 11.8. The zero-order valence-electron chi connectivity index (χ0n) is 8.25. The van der Waals surface area contributed by atoms with Crippen LogP contribution in [0.5, 0.6) is 0 Å². The highest BCUT2D eigenvalue weighted by molar-refractivity contribution is 7.80. The standard InChI is InChI=1S/C10H10F3NOS/c11-10(12,13)6-15-5-7-2-1-3-8(4-7)9(14)16/h1-4H,5-6H2,(H2,14,16). The summed E-state index contributed by atoms with van der Waals surface area (Å²) in [6, 6.07) is 6.62. The number of halogens is 3. The van der Waals surface area contributed by atoms with Crippen molar-refractivity contribution in [2.75, 3.05) is 6.61 Å². The van der Waals surface area contributed by atoms with Crippen molar-refractivity contribution in [3.8, 4) is 0 Å². The molecule has 2 N–H and O–H groups in total. The van der Waals surface area contributed by atoms with Crippen molar-refractivity contribution in [2.45, 2.75) is 12.8 Å². The Hall–Kier alpha value is -1.14. The van der Waals surface area contributed by atoms with Crippen LogP contribution in [0, 0.1) is 0 Å². The topological polar surface area (TPSA) is 35.2 Å². The molecule has 0 unspecified atom stereocenters. The second-order valence-electron chi connectivity index (χ2n) is 3.17. The predicted octanol–water partition coefficient (Wildman–Crippen LogP) is 2.40. The summed E-state index contributed by atoms with van der Waals surface area (Å²) in [7, 11) is 0. The lowest BCUT2D eigenvalue weighted by molar-refractivity contribution is -0.176. The first-order valence-electron chi connectivity index (χ1n) is 4.42. The first-order chi connectivity index (χ1) is 7.38. The molecular formula is C10H10F3NOS. The van der Waals surface area contributed by atoms with Gasteiger partial charge >= 0.3 is 6.18 Å². The highest BCUT2D eigenvalue weighted by atomic mass is 32.1. The van der Waals surface area contributed by atoms with Crippen molar-refractivity contribution < 1.29 is 17.9 Å². The first-order valence-corrected chi connectivity index (χ1v) is 4.82. The van der Waals surface area contributed by atoms with Crippen LogP contribution >= 0.6 is 12.2 Å². The number of hydrogen-bond acceptors (Lipinski definition) is 2. The van der Waals surface area contributed by atoms with Crippen LogP contribution in [0.15, 0.2) is 24.3 Å². The van der Waals surface area contributed by atoms with E-state index in [1.807, 2.05) is 0 Å². The number of thiocarbonyl (C=S) groups is 1. The fraction of sp³-hybridized carbons (Fsp3) is 0.300. The molecule has 16 heavy (non-hydrogen) atoms. The Kier molecular flexibility index (Phi) is 4.26. The molecule has 0 aromatic heterocycles. The van der Waals surface area contributed by atoms with Gasteiger partial charge in [-0.3, -0.25) is 0 Å². The lowest BCUT2D eigenvalue weighted by atomic mass is 10.1. The van der Waals surface area contributed by atoms with E-state index in [1.165, 1.54) is 0 Å². The summed E-state index contributed by atoms with van der Waals surface area (Å²) in [5, 5.41) is 0. The van der Waals surface area contributed by atoms with Crippen LogP contribution in [0.25, 0.3) is 0 Å². The third-order valence-corrected chi connectivity index (χ3v) is 1.98. The molecular weight excluding hydrogens is 239 g/mol. The van der Waals surface area contributed by atoms with Gasteiger partial charge in [-0.15, -0.1) is 0 Å². The van der Waals surface area contributed by atoms with Crippen LogP contribution in [0.3, 0.4) is 0 Å². The van der Waals surface area contributed by atoms with Gasteiger partial charge < -0.3 is 10.5 Å². The SMILES string of the molecule is NC(=S)c1cccc(COCC(F)(F)F)c1. The second-order valence-corrected chi connectivity index (χ2v) is 3.61. The van der Waals surface area contributed by atoms with E-state index in [9.17, 15) is 13.2 Å². The molecule has 0 aliphatic rings. The molecule has 0 radical (unpaired) electrons. The van der Waals surface area contributed by atoms with E-state index in [-0.39, 0.29) is 11.6 Å². The molecule has 0 bridgehead atoms. The van der Waals surface area contributed by atoms with Gasteiger partial charge in [0.25, 0.3) is 0 Å². The number of benzene rings is 1. The van der Waals surface area contributed by atoms with E-state index in [0.29, 0.717) is 11.1 Å². The number of alkyl halides is 3. The Balaban J connectivity index is 2.55. The Morgan fingerprint density at radius 1 is 1.38 bits per heavy atom. The van der Waals surface area contributed by atoms with Crippen LogP contribution in [0.4, 0.5) is 13.2 Å². The van der Waals surface area contributed by atoms with Gasteiger partial charge in [-0.25, -0.2) is 0 Å². The van der Waals surface area contributed by atoms with Gasteiger partial charge in [-0.1, -0.05) is 30.4 Å². The Morgan fingerprint density at radius 3 is 2.62 bits per heavy atom. The highest BCUT2D eigenvalue weighted by Gasteiger charge is 2.27. The summed E-state index contributed by atoms with van der Waals surface area (Å²) in [5.41, 5.74) is 6.61. The lowest BCUT2D eigenvalue weighted by Gasteiger charge is -2.08. The molecule has 1 aromatic carbocycles. The molecule has 1 aromatic rings. The van der Waals surface area contributed by atoms with E-state index in [2.05, 4.69) is 4.74 Å². The molecule has 0 fully saturated rings. The summed E-state index contributed by atoms with van der Waals surface area (Å²) >= 11 is 4.75. The van der Waals surface area contributed by atoms with Crippen molar-refractivity contribution >= 4 is 17.2 Å². The largest absolute Gasteiger partial charge is 0.411 e. The summed E-state index contributed by atoms with van der Waals surface area (Å²) in [4.78, 5) is 0.206. The fourth-order valence-electron chi connectivity index (χ4n) is 1.10. The average Bonchev–Trinajstić information content (AvgIpc) is 2.16. The maximum atomic E-state index is 11.8. The van der Waals surface area contributed by atoms with Crippen LogP contribution in [0.1, 0.15) is 11.1 Å². The molecule has 0 aliphatic carbocycles. The molecule has 0 spiro atoms.